The van der Waals surface area contributed by atoms with Crippen molar-refractivity contribution in [2.75, 3.05) is 25.6 Å². The van der Waals surface area contributed by atoms with Crippen molar-refractivity contribution >= 4 is 17.5 Å². The van der Waals surface area contributed by atoms with Gasteiger partial charge in [0.2, 0.25) is 11.8 Å². The molecule has 0 unspecified atom stereocenters. The highest BCUT2D eigenvalue weighted by molar-refractivity contribution is 5.92. The molecule has 0 spiro atoms. The molecule has 2 aliphatic rings. The number of pyridine rings is 1. The molecule has 4 atom stereocenters. The number of carbonyl (C=O) groups is 2. The summed E-state index contributed by atoms with van der Waals surface area (Å²) in [5.41, 5.74) is 2.36. The van der Waals surface area contributed by atoms with Crippen LogP contribution in [0.2, 0.25) is 0 Å². The van der Waals surface area contributed by atoms with Crippen LogP contribution in [0.3, 0.4) is 0 Å². The third kappa shape index (κ3) is 5.07. The molecule has 1 fully saturated rings. The maximum Gasteiger partial charge on any atom is 0.250 e. The average Bonchev–Trinajstić information content (AvgIpc) is 3.16. The third-order valence-corrected chi connectivity index (χ3v) is 5.66. The minimum Gasteiger partial charge on any atom is -0.487 e. The van der Waals surface area contributed by atoms with Gasteiger partial charge < -0.3 is 30.0 Å². The molecule has 2 aromatic rings. The van der Waals surface area contributed by atoms with Gasteiger partial charge in [-0.15, -0.1) is 0 Å². The Labute approximate surface area is 186 Å². The number of hydrogen-bond donors (Lipinski definition) is 3. The van der Waals surface area contributed by atoms with Gasteiger partial charge in [0.25, 0.3) is 0 Å². The van der Waals surface area contributed by atoms with Gasteiger partial charge in [0.1, 0.15) is 24.6 Å². The molecule has 2 aliphatic heterocycles. The van der Waals surface area contributed by atoms with Crippen LogP contribution in [0, 0.1) is 0 Å². The smallest absolute Gasteiger partial charge is 0.250 e. The predicted octanol–water partition coefficient (Wildman–Crippen LogP) is 1.37. The van der Waals surface area contributed by atoms with Crippen LogP contribution in [-0.2, 0) is 25.6 Å². The van der Waals surface area contributed by atoms with Gasteiger partial charge in [-0.05, 0) is 36.8 Å². The summed E-state index contributed by atoms with van der Waals surface area (Å²) >= 11 is 0. The molecule has 0 bridgehead atoms. The van der Waals surface area contributed by atoms with Crippen LogP contribution in [0.4, 0.5) is 5.69 Å². The monoisotopic (exact) mass is 441 g/mol. The van der Waals surface area contributed by atoms with Crippen LogP contribution < -0.4 is 15.4 Å². The Morgan fingerprint density at radius 3 is 2.88 bits per heavy atom. The number of methoxy groups -OCH3 is 1. The third-order valence-electron chi connectivity index (χ3n) is 5.66. The predicted molar refractivity (Wildman–Crippen MR) is 115 cm³/mol. The second kappa shape index (κ2) is 10.1. The summed E-state index contributed by atoms with van der Waals surface area (Å²) in [4.78, 5) is 28.5. The fraction of sp³-hybridized carbons (Fsp3) is 0.435. The van der Waals surface area contributed by atoms with Crippen LogP contribution in [0.5, 0.6) is 5.75 Å². The molecule has 0 aliphatic carbocycles. The maximum absolute atomic E-state index is 12.5. The zero-order chi connectivity index (χ0) is 22.5. The number of amides is 2. The van der Waals surface area contributed by atoms with Crippen LogP contribution >= 0.6 is 0 Å². The highest BCUT2D eigenvalue weighted by atomic mass is 16.6. The molecular formula is C23H27N3O6. The van der Waals surface area contributed by atoms with E-state index in [-0.39, 0.29) is 49.6 Å². The first-order valence-electron chi connectivity index (χ1n) is 10.6. The van der Waals surface area contributed by atoms with E-state index in [1.54, 1.807) is 18.3 Å². The number of nitrogens with zero attached hydrogens (tertiary/aromatic N) is 1. The Morgan fingerprint density at radius 2 is 2.12 bits per heavy atom. The molecule has 1 aromatic carbocycles. The van der Waals surface area contributed by atoms with E-state index in [4.69, 9.17) is 14.2 Å². The molecule has 0 saturated carbocycles. The molecule has 32 heavy (non-hydrogen) atoms. The Bertz CT molecular complexity index is 954. The SMILES string of the molecule is COCC(=O)Nc1ccc2c(c1)[C@H]1C[C@@H](CC(=O)NCc3ccccn3)O[C@@H](CO)[C@H]1O2. The number of anilines is 1. The van der Waals surface area contributed by atoms with Gasteiger partial charge in [-0.3, -0.25) is 14.6 Å². The summed E-state index contributed by atoms with van der Waals surface area (Å²) in [6, 6.07) is 11.0. The summed E-state index contributed by atoms with van der Waals surface area (Å²) in [5, 5.41) is 15.5. The molecule has 3 heterocycles. The molecular weight excluding hydrogens is 414 g/mol. The molecule has 2 amide bonds. The van der Waals surface area contributed by atoms with Gasteiger partial charge in [-0.25, -0.2) is 0 Å². The van der Waals surface area contributed by atoms with Crippen molar-refractivity contribution in [3.8, 4) is 5.75 Å². The van der Waals surface area contributed by atoms with Gasteiger partial charge in [0, 0.05) is 30.5 Å². The van der Waals surface area contributed by atoms with Crippen molar-refractivity contribution in [2.24, 2.45) is 0 Å². The molecule has 3 N–H and O–H groups in total. The lowest BCUT2D eigenvalue weighted by atomic mass is 9.84. The Kier molecular flexibility index (Phi) is 6.99. The lowest BCUT2D eigenvalue weighted by molar-refractivity contribution is -0.142. The first kappa shape index (κ1) is 22.2. The van der Waals surface area contributed by atoms with E-state index in [9.17, 15) is 14.7 Å². The second-order valence-electron chi connectivity index (χ2n) is 7.94. The first-order chi connectivity index (χ1) is 15.6. The molecule has 1 aromatic heterocycles. The molecule has 170 valence electrons. The quantitative estimate of drug-likeness (QED) is 0.566. The van der Waals surface area contributed by atoms with E-state index in [1.165, 1.54) is 7.11 Å². The molecule has 0 radical (unpaired) electrons. The molecule has 9 heteroatoms. The summed E-state index contributed by atoms with van der Waals surface area (Å²) in [7, 11) is 1.46. The lowest BCUT2D eigenvalue weighted by Crippen LogP contribution is -2.47. The number of benzene rings is 1. The second-order valence-corrected chi connectivity index (χ2v) is 7.94. The Hall–Kier alpha value is -3.01. The van der Waals surface area contributed by atoms with Gasteiger partial charge in [0.05, 0.1) is 31.4 Å². The van der Waals surface area contributed by atoms with Crippen LogP contribution in [0.1, 0.15) is 30.0 Å². The Balaban J connectivity index is 1.42. The highest BCUT2D eigenvalue weighted by Gasteiger charge is 2.46. The first-order valence-corrected chi connectivity index (χ1v) is 10.6. The number of fused-ring (bicyclic) bond motifs is 3. The van der Waals surface area contributed by atoms with E-state index in [0.717, 1.165) is 11.3 Å². The number of aromatic nitrogens is 1. The summed E-state index contributed by atoms with van der Waals surface area (Å²) in [5.74, 6) is 0.261. The van der Waals surface area contributed by atoms with E-state index >= 15 is 0 Å². The summed E-state index contributed by atoms with van der Waals surface area (Å²) in [6.07, 6.45) is 1.18. The maximum atomic E-state index is 12.5. The number of hydrogen-bond acceptors (Lipinski definition) is 7. The minimum absolute atomic E-state index is 0.0320. The van der Waals surface area contributed by atoms with E-state index in [2.05, 4.69) is 15.6 Å². The zero-order valence-corrected chi connectivity index (χ0v) is 17.8. The van der Waals surface area contributed by atoms with Gasteiger partial charge >= 0.3 is 0 Å². The van der Waals surface area contributed by atoms with Crippen LogP contribution in [-0.4, -0.2) is 60.5 Å². The van der Waals surface area contributed by atoms with Crippen molar-refractivity contribution < 1.29 is 28.9 Å². The Morgan fingerprint density at radius 1 is 1.25 bits per heavy atom. The van der Waals surface area contributed by atoms with Crippen molar-refractivity contribution in [1.29, 1.82) is 0 Å². The number of carbonyl (C=O) groups excluding carboxylic acids is 2. The van der Waals surface area contributed by atoms with Crippen molar-refractivity contribution in [1.82, 2.24) is 10.3 Å². The highest BCUT2D eigenvalue weighted by Crippen LogP contribution is 2.47. The lowest BCUT2D eigenvalue weighted by Gasteiger charge is -2.37. The normalized spacial score (nSPS) is 23.6. The largest absolute Gasteiger partial charge is 0.487 e. The van der Waals surface area contributed by atoms with Crippen molar-refractivity contribution in [3.63, 3.8) is 0 Å². The average molecular weight is 441 g/mol. The standard InChI is InChI=1S/C23H27N3O6/c1-30-13-22(29)26-14-5-6-19-17(8-14)18-9-16(31-20(12-27)23(18)32-19)10-21(28)25-11-15-4-2-3-7-24-15/h2-8,16,18,20,23,27H,9-13H2,1H3,(H,25,28)(H,26,29)/t16-,18+,20-,23-/m0/s1. The molecule has 1 saturated heterocycles. The van der Waals surface area contributed by atoms with Crippen LogP contribution in [0.25, 0.3) is 0 Å². The fourth-order valence-electron chi connectivity index (χ4n) is 4.27. The van der Waals surface area contributed by atoms with Crippen molar-refractivity contribution in [3.05, 3.63) is 53.9 Å². The van der Waals surface area contributed by atoms with E-state index in [0.29, 0.717) is 24.4 Å². The van der Waals surface area contributed by atoms with Crippen molar-refractivity contribution in [2.45, 2.75) is 43.6 Å². The van der Waals surface area contributed by atoms with Gasteiger partial charge in [-0.2, -0.15) is 0 Å². The van der Waals surface area contributed by atoms with Gasteiger partial charge in [0.15, 0.2) is 0 Å². The minimum atomic E-state index is -0.540. The number of aliphatic hydroxyl groups excluding tert-OH is 1. The summed E-state index contributed by atoms with van der Waals surface area (Å²) < 4.78 is 16.9. The zero-order valence-electron chi connectivity index (χ0n) is 17.8. The van der Waals surface area contributed by atoms with E-state index < -0.39 is 6.10 Å². The van der Waals surface area contributed by atoms with Crippen LogP contribution in [0.15, 0.2) is 42.6 Å². The number of aliphatic hydroxyl groups is 1. The number of ether oxygens (including phenoxy) is 3. The summed E-state index contributed by atoms with van der Waals surface area (Å²) in [6.45, 7) is 0.104. The molecule has 9 nitrogen and oxygen atoms in total. The topological polar surface area (TPSA) is 119 Å². The number of nitrogens with one attached hydrogen (secondary N) is 2. The van der Waals surface area contributed by atoms with E-state index in [1.807, 2.05) is 24.3 Å². The molecule has 4 rings (SSSR count). The number of rotatable bonds is 8. The van der Waals surface area contributed by atoms with Gasteiger partial charge in [-0.1, -0.05) is 6.07 Å². The fourth-order valence-corrected chi connectivity index (χ4v) is 4.27.